The average molecular weight is 222 g/mol. The second kappa shape index (κ2) is 5.49. The van der Waals surface area contributed by atoms with Crippen molar-refractivity contribution in [2.75, 3.05) is 11.4 Å². The molecule has 0 bridgehead atoms. The molecule has 4 heteroatoms. The highest BCUT2D eigenvalue weighted by Gasteiger charge is 2.13. The molecular weight excluding hydrogens is 204 g/mol. The summed E-state index contributed by atoms with van der Waals surface area (Å²) in [5, 5.41) is 8.88. The molecule has 1 rings (SSSR count). The first-order chi connectivity index (χ1) is 7.56. The third-order valence-electron chi connectivity index (χ3n) is 2.34. The van der Waals surface area contributed by atoms with Crippen LogP contribution in [0.1, 0.15) is 37.7 Å². The predicted molar refractivity (Wildman–Crippen MR) is 64.0 cm³/mol. The van der Waals surface area contributed by atoms with Crippen molar-refractivity contribution in [3.8, 4) is 0 Å². The Morgan fingerprint density at radius 3 is 2.69 bits per heavy atom. The minimum Gasteiger partial charge on any atom is -0.477 e. The Bertz CT molecular complexity index is 364. The molecule has 0 saturated heterocycles. The molecule has 1 aromatic heterocycles. The Kier molecular flexibility index (Phi) is 4.28. The van der Waals surface area contributed by atoms with Gasteiger partial charge in [0.1, 0.15) is 5.82 Å². The first kappa shape index (κ1) is 12.5. The molecule has 0 unspecified atom stereocenters. The van der Waals surface area contributed by atoms with E-state index in [1.165, 1.54) is 6.07 Å². The van der Waals surface area contributed by atoms with Gasteiger partial charge in [0, 0.05) is 12.6 Å². The number of pyridine rings is 1. The second-order valence-electron chi connectivity index (χ2n) is 3.97. The summed E-state index contributed by atoms with van der Waals surface area (Å²) in [6.07, 6.45) is 1.01. The molecule has 88 valence electrons. The number of rotatable bonds is 5. The van der Waals surface area contributed by atoms with Crippen molar-refractivity contribution < 1.29 is 9.90 Å². The maximum absolute atomic E-state index is 10.8. The monoisotopic (exact) mass is 222 g/mol. The van der Waals surface area contributed by atoms with E-state index in [1.54, 1.807) is 6.07 Å². The number of nitrogens with zero attached hydrogens (tertiary/aromatic N) is 2. The number of carboxylic acids is 1. The zero-order valence-corrected chi connectivity index (χ0v) is 9.97. The molecular formula is C12H18N2O2. The molecule has 0 aliphatic carbocycles. The van der Waals surface area contributed by atoms with Gasteiger partial charge in [-0.3, -0.25) is 0 Å². The number of carbonyl (C=O) groups is 1. The summed E-state index contributed by atoms with van der Waals surface area (Å²) in [4.78, 5) is 17.1. The third-order valence-corrected chi connectivity index (χ3v) is 2.34. The van der Waals surface area contributed by atoms with Crippen LogP contribution in [-0.2, 0) is 0 Å². The highest BCUT2D eigenvalue weighted by Crippen LogP contribution is 2.15. The largest absolute Gasteiger partial charge is 0.477 e. The maximum Gasteiger partial charge on any atom is 0.354 e. The van der Waals surface area contributed by atoms with E-state index in [9.17, 15) is 4.79 Å². The van der Waals surface area contributed by atoms with Crippen molar-refractivity contribution in [1.82, 2.24) is 4.98 Å². The van der Waals surface area contributed by atoms with Crippen LogP contribution in [0.5, 0.6) is 0 Å². The number of aromatic carboxylic acids is 1. The minimum absolute atomic E-state index is 0.0965. The Hall–Kier alpha value is -1.58. The van der Waals surface area contributed by atoms with Gasteiger partial charge < -0.3 is 10.0 Å². The summed E-state index contributed by atoms with van der Waals surface area (Å²) >= 11 is 0. The van der Waals surface area contributed by atoms with Crippen LogP contribution in [0, 0.1) is 0 Å². The minimum atomic E-state index is -0.984. The molecule has 1 heterocycles. The van der Waals surface area contributed by atoms with Gasteiger partial charge in [-0.15, -0.1) is 0 Å². The Labute approximate surface area is 95.9 Å². The van der Waals surface area contributed by atoms with Crippen LogP contribution in [0.4, 0.5) is 5.82 Å². The van der Waals surface area contributed by atoms with E-state index >= 15 is 0 Å². The Morgan fingerprint density at radius 2 is 2.19 bits per heavy atom. The number of hydrogen-bond acceptors (Lipinski definition) is 3. The van der Waals surface area contributed by atoms with Crippen molar-refractivity contribution in [2.45, 2.75) is 33.2 Å². The van der Waals surface area contributed by atoms with Crippen molar-refractivity contribution in [2.24, 2.45) is 0 Å². The van der Waals surface area contributed by atoms with Gasteiger partial charge in [0.05, 0.1) is 0 Å². The van der Waals surface area contributed by atoms with Gasteiger partial charge in [-0.1, -0.05) is 13.0 Å². The summed E-state index contributed by atoms with van der Waals surface area (Å²) in [5.74, 6) is -0.251. The topological polar surface area (TPSA) is 53.4 Å². The molecule has 0 spiro atoms. The summed E-state index contributed by atoms with van der Waals surface area (Å²) in [6.45, 7) is 7.12. The molecule has 16 heavy (non-hydrogen) atoms. The first-order valence-electron chi connectivity index (χ1n) is 5.53. The lowest BCUT2D eigenvalue weighted by molar-refractivity contribution is 0.0690. The van der Waals surface area contributed by atoms with E-state index in [0.29, 0.717) is 6.04 Å². The quantitative estimate of drug-likeness (QED) is 0.831. The third kappa shape index (κ3) is 2.95. The van der Waals surface area contributed by atoms with Gasteiger partial charge in [-0.2, -0.15) is 0 Å². The molecule has 1 N–H and O–H groups in total. The Morgan fingerprint density at radius 1 is 1.50 bits per heavy atom. The predicted octanol–water partition coefficient (Wildman–Crippen LogP) is 2.40. The summed E-state index contributed by atoms with van der Waals surface area (Å²) in [5.41, 5.74) is 0.0965. The van der Waals surface area contributed by atoms with Gasteiger partial charge in [-0.05, 0) is 32.4 Å². The molecule has 0 radical (unpaired) electrons. The fraction of sp³-hybridized carbons (Fsp3) is 0.500. The molecule has 0 fully saturated rings. The SMILES string of the molecule is CCCN(c1cccc(C(=O)O)n1)C(C)C. The van der Waals surface area contributed by atoms with Gasteiger partial charge in [0.15, 0.2) is 5.69 Å². The number of carboxylic acid groups (broad SMARTS) is 1. The summed E-state index contributed by atoms with van der Waals surface area (Å²) in [7, 11) is 0. The van der Waals surface area contributed by atoms with Gasteiger partial charge in [-0.25, -0.2) is 9.78 Å². The summed E-state index contributed by atoms with van der Waals surface area (Å²) in [6, 6.07) is 5.41. The van der Waals surface area contributed by atoms with Crippen molar-refractivity contribution >= 4 is 11.8 Å². The molecule has 0 aliphatic heterocycles. The maximum atomic E-state index is 10.8. The average Bonchev–Trinajstić information content (AvgIpc) is 2.25. The molecule has 0 amide bonds. The van der Waals surface area contributed by atoms with Gasteiger partial charge in [0.2, 0.25) is 0 Å². The van der Waals surface area contributed by atoms with Crippen molar-refractivity contribution in [3.05, 3.63) is 23.9 Å². The molecule has 4 nitrogen and oxygen atoms in total. The molecule has 1 aromatic rings. The normalized spacial score (nSPS) is 10.5. The number of anilines is 1. The van der Waals surface area contributed by atoms with Crippen LogP contribution in [-0.4, -0.2) is 28.6 Å². The van der Waals surface area contributed by atoms with E-state index < -0.39 is 5.97 Å². The van der Waals surface area contributed by atoms with Gasteiger partial charge >= 0.3 is 5.97 Å². The van der Waals surface area contributed by atoms with Crippen molar-refractivity contribution in [3.63, 3.8) is 0 Å². The van der Waals surface area contributed by atoms with E-state index in [4.69, 9.17) is 5.11 Å². The Balaban J connectivity index is 3.00. The fourth-order valence-electron chi connectivity index (χ4n) is 1.58. The lowest BCUT2D eigenvalue weighted by Gasteiger charge is -2.27. The second-order valence-corrected chi connectivity index (χ2v) is 3.97. The highest BCUT2D eigenvalue weighted by atomic mass is 16.4. The van der Waals surface area contributed by atoms with Crippen LogP contribution in [0.3, 0.4) is 0 Å². The first-order valence-corrected chi connectivity index (χ1v) is 5.53. The zero-order chi connectivity index (χ0) is 12.1. The molecule has 0 saturated carbocycles. The van der Waals surface area contributed by atoms with Gasteiger partial charge in [0.25, 0.3) is 0 Å². The van der Waals surface area contributed by atoms with Crippen molar-refractivity contribution in [1.29, 1.82) is 0 Å². The highest BCUT2D eigenvalue weighted by molar-refractivity contribution is 5.85. The number of aromatic nitrogens is 1. The standard InChI is InChI=1S/C12H18N2O2/c1-4-8-14(9(2)3)11-7-5-6-10(13-11)12(15)16/h5-7,9H,4,8H2,1-3H3,(H,15,16). The smallest absolute Gasteiger partial charge is 0.354 e. The van der Waals surface area contributed by atoms with Crippen LogP contribution in [0.25, 0.3) is 0 Å². The zero-order valence-electron chi connectivity index (χ0n) is 9.97. The fourth-order valence-corrected chi connectivity index (χ4v) is 1.58. The van der Waals surface area contributed by atoms with Crippen LogP contribution >= 0.6 is 0 Å². The molecule has 0 aromatic carbocycles. The number of hydrogen-bond donors (Lipinski definition) is 1. The lowest BCUT2D eigenvalue weighted by atomic mass is 10.2. The van der Waals surface area contributed by atoms with Crippen LogP contribution < -0.4 is 4.90 Å². The van der Waals surface area contributed by atoms with E-state index in [1.807, 2.05) is 6.07 Å². The van der Waals surface area contributed by atoms with Crippen LogP contribution in [0.2, 0.25) is 0 Å². The van der Waals surface area contributed by atoms with E-state index in [2.05, 4.69) is 30.7 Å². The summed E-state index contributed by atoms with van der Waals surface area (Å²) < 4.78 is 0. The van der Waals surface area contributed by atoms with Crippen LogP contribution in [0.15, 0.2) is 18.2 Å². The van der Waals surface area contributed by atoms with E-state index in [0.717, 1.165) is 18.8 Å². The van der Waals surface area contributed by atoms with E-state index in [-0.39, 0.29) is 5.69 Å². The molecule has 0 aliphatic rings. The lowest BCUT2D eigenvalue weighted by Crippen LogP contribution is -2.32. The molecule has 0 atom stereocenters.